The van der Waals surface area contributed by atoms with E-state index >= 15 is 0 Å². The summed E-state index contributed by atoms with van der Waals surface area (Å²) in [4.78, 5) is 13.1. The van der Waals surface area contributed by atoms with Crippen molar-refractivity contribution < 1.29 is 27.1 Å². The van der Waals surface area contributed by atoms with E-state index in [0.717, 1.165) is 11.3 Å². The van der Waals surface area contributed by atoms with Gasteiger partial charge in [-0.05, 0) is 42.5 Å². The van der Waals surface area contributed by atoms with Crippen molar-refractivity contribution in [1.29, 1.82) is 0 Å². The van der Waals surface area contributed by atoms with Gasteiger partial charge in [-0.1, -0.05) is 30.3 Å². The number of para-hydroxylation sites is 1. The van der Waals surface area contributed by atoms with E-state index in [-0.39, 0.29) is 43.4 Å². The molecular weight excluding hydrogens is 479 g/mol. The van der Waals surface area contributed by atoms with Crippen LogP contribution in [0.1, 0.15) is 15.2 Å². The zero-order chi connectivity index (χ0) is 23.9. The minimum absolute atomic E-state index is 0.00170. The number of fused-ring (bicyclic) bond motifs is 1. The third kappa shape index (κ3) is 3.76. The van der Waals surface area contributed by atoms with Crippen molar-refractivity contribution in [3.05, 3.63) is 89.1 Å². The molecule has 1 aliphatic heterocycles. The van der Waals surface area contributed by atoms with Crippen LogP contribution in [-0.2, 0) is 9.84 Å². The number of anilines is 3. The standard InChI is InChI=1S/C24H17FN2O5S2/c25-16-8-4-5-9-17(16)27-24-23(34(29,30)15-6-2-1-3-7-15)20(26)22(33-24)21(28)14-10-11-18-19(12-14)32-13-31-18/h1-12,27H,13,26H2. The normalized spacial score (nSPS) is 12.5. The van der Waals surface area contributed by atoms with E-state index in [0.29, 0.717) is 11.5 Å². The van der Waals surface area contributed by atoms with Crippen LogP contribution in [0, 0.1) is 5.82 Å². The molecule has 34 heavy (non-hydrogen) atoms. The maximum atomic E-state index is 14.4. The van der Waals surface area contributed by atoms with Gasteiger partial charge in [0.25, 0.3) is 0 Å². The minimum Gasteiger partial charge on any atom is -0.454 e. The first kappa shape index (κ1) is 21.9. The topological polar surface area (TPSA) is 108 Å². The van der Waals surface area contributed by atoms with Crippen LogP contribution in [0.2, 0.25) is 0 Å². The number of halogens is 1. The van der Waals surface area contributed by atoms with Gasteiger partial charge in [0.15, 0.2) is 11.5 Å². The molecule has 0 atom stereocenters. The average molecular weight is 497 g/mol. The molecule has 1 aromatic heterocycles. The maximum Gasteiger partial charge on any atom is 0.231 e. The summed E-state index contributed by atoms with van der Waals surface area (Å²) in [6.45, 7) is 0.0459. The van der Waals surface area contributed by atoms with Crippen LogP contribution in [-0.4, -0.2) is 21.0 Å². The number of thiophene rings is 1. The summed E-state index contributed by atoms with van der Waals surface area (Å²) in [6, 6.07) is 18.2. The molecule has 0 saturated carbocycles. The van der Waals surface area contributed by atoms with Crippen LogP contribution >= 0.6 is 11.3 Å². The average Bonchev–Trinajstić information content (AvgIpc) is 3.44. The summed E-state index contributed by atoms with van der Waals surface area (Å²) in [5.74, 6) is -0.166. The Balaban J connectivity index is 1.65. The summed E-state index contributed by atoms with van der Waals surface area (Å²) in [7, 11) is -4.13. The Labute approximate surface area is 198 Å². The van der Waals surface area contributed by atoms with Crippen molar-refractivity contribution in [2.45, 2.75) is 9.79 Å². The first-order valence-corrected chi connectivity index (χ1v) is 12.3. The van der Waals surface area contributed by atoms with E-state index in [1.165, 1.54) is 36.4 Å². The van der Waals surface area contributed by atoms with Crippen molar-refractivity contribution in [3.8, 4) is 11.5 Å². The molecule has 3 aromatic carbocycles. The van der Waals surface area contributed by atoms with Crippen LogP contribution in [0.4, 0.5) is 20.8 Å². The van der Waals surface area contributed by atoms with Gasteiger partial charge >= 0.3 is 0 Å². The van der Waals surface area contributed by atoms with Crippen LogP contribution in [0.25, 0.3) is 0 Å². The summed E-state index contributed by atoms with van der Waals surface area (Å²) in [6.07, 6.45) is 0. The Bertz CT molecular complexity index is 1520. The number of carbonyl (C=O) groups excluding carboxylic acids is 1. The molecule has 0 fully saturated rings. The highest BCUT2D eigenvalue weighted by Crippen LogP contribution is 2.44. The monoisotopic (exact) mass is 496 g/mol. The fraction of sp³-hybridized carbons (Fsp3) is 0.0417. The molecule has 0 radical (unpaired) electrons. The molecule has 5 rings (SSSR count). The molecule has 7 nitrogen and oxygen atoms in total. The summed E-state index contributed by atoms with van der Waals surface area (Å²) in [5.41, 5.74) is 6.38. The van der Waals surface area contributed by atoms with Crippen molar-refractivity contribution in [1.82, 2.24) is 0 Å². The van der Waals surface area contributed by atoms with Crippen LogP contribution in [0.15, 0.2) is 82.6 Å². The molecular formula is C24H17FN2O5S2. The molecule has 10 heteroatoms. The first-order valence-electron chi connectivity index (χ1n) is 10.0. The van der Waals surface area contributed by atoms with Crippen molar-refractivity contribution in [2.24, 2.45) is 0 Å². The van der Waals surface area contributed by atoms with Gasteiger partial charge in [0, 0.05) is 5.56 Å². The maximum absolute atomic E-state index is 14.4. The summed E-state index contributed by atoms with van der Waals surface area (Å²) in [5, 5.41) is 2.85. The van der Waals surface area contributed by atoms with Crippen molar-refractivity contribution in [2.75, 3.05) is 17.8 Å². The second kappa shape index (κ2) is 8.47. The van der Waals surface area contributed by atoms with E-state index in [1.54, 1.807) is 36.4 Å². The molecule has 3 N–H and O–H groups in total. The molecule has 172 valence electrons. The smallest absolute Gasteiger partial charge is 0.231 e. The second-order valence-electron chi connectivity index (χ2n) is 7.32. The largest absolute Gasteiger partial charge is 0.454 e. The lowest BCUT2D eigenvalue weighted by Gasteiger charge is -2.10. The molecule has 0 aliphatic carbocycles. The van der Waals surface area contributed by atoms with E-state index in [4.69, 9.17) is 15.2 Å². The Hall–Kier alpha value is -3.89. The van der Waals surface area contributed by atoms with Gasteiger partial charge in [0.2, 0.25) is 22.4 Å². The van der Waals surface area contributed by atoms with Crippen LogP contribution < -0.4 is 20.5 Å². The fourth-order valence-electron chi connectivity index (χ4n) is 3.52. The lowest BCUT2D eigenvalue weighted by atomic mass is 10.1. The van der Waals surface area contributed by atoms with Gasteiger partial charge in [-0.2, -0.15) is 0 Å². The lowest BCUT2D eigenvalue weighted by molar-refractivity contribution is 0.104. The Morgan fingerprint density at radius 1 is 0.971 bits per heavy atom. The van der Waals surface area contributed by atoms with Gasteiger partial charge in [-0.3, -0.25) is 4.79 Å². The number of ether oxygens (including phenoxy) is 2. The van der Waals surface area contributed by atoms with Crippen molar-refractivity contribution in [3.63, 3.8) is 0 Å². The molecule has 0 spiro atoms. The number of ketones is 1. The van der Waals surface area contributed by atoms with Gasteiger partial charge < -0.3 is 20.5 Å². The van der Waals surface area contributed by atoms with E-state index in [2.05, 4.69) is 5.32 Å². The van der Waals surface area contributed by atoms with Crippen molar-refractivity contribution >= 4 is 43.3 Å². The van der Waals surface area contributed by atoms with E-state index in [1.807, 2.05) is 0 Å². The minimum atomic E-state index is -4.13. The number of rotatable bonds is 6. The Morgan fingerprint density at radius 3 is 2.44 bits per heavy atom. The number of nitrogens with two attached hydrogens (primary N) is 1. The Kier molecular flexibility index (Phi) is 5.46. The van der Waals surface area contributed by atoms with Gasteiger partial charge in [-0.25, -0.2) is 12.8 Å². The number of nitrogen functional groups attached to an aromatic ring is 1. The third-order valence-electron chi connectivity index (χ3n) is 5.18. The molecule has 4 aromatic rings. The molecule has 0 amide bonds. The number of nitrogens with one attached hydrogen (secondary N) is 1. The lowest BCUT2D eigenvalue weighted by Crippen LogP contribution is -2.08. The first-order chi connectivity index (χ1) is 16.4. The SMILES string of the molecule is Nc1c(C(=O)c2ccc3c(c2)OCO3)sc(Nc2ccccc2F)c1S(=O)(=O)c1ccccc1. The summed E-state index contributed by atoms with van der Waals surface area (Å²) >= 11 is 0.844. The number of hydrogen-bond acceptors (Lipinski definition) is 8. The van der Waals surface area contributed by atoms with Gasteiger partial charge in [-0.15, -0.1) is 11.3 Å². The van der Waals surface area contributed by atoms with Crippen LogP contribution in [0.3, 0.4) is 0 Å². The summed E-state index contributed by atoms with van der Waals surface area (Å²) < 4.78 is 52.0. The number of hydrogen-bond donors (Lipinski definition) is 2. The second-order valence-corrected chi connectivity index (χ2v) is 10.2. The van der Waals surface area contributed by atoms with Gasteiger partial charge in [0.05, 0.1) is 16.3 Å². The molecule has 1 aliphatic rings. The molecule has 2 heterocycles. The highest BCUT2D eigenvalue weighted by Gasteiger charge is 2.32. The predicted octanol–water partition coefficient (Wildman–Crippen LogP) is 5.01. The zero-order valence-electron chi connectivity index (χ0n) is 17.4. The van der Waals surface area contributed by atoms with Gasteiger partial charge in [0.1, 0.15) is 20.6 Å². The van der Waals surface area contributed by atoms with E-state index < -0.39 is 21.4 Å². The highest BCUT2D eigenvalue weighted by atomic mass is 32.2. The number of sulfone groups is 1. The van der Waals surface area contributed by atoms with Crippen LogP contribution in [0.5, 0.6) is 11.5 Å². The quantitative estimate of drug-likeness (QED) is 0.362. The third-order valence-corrected chi connectivity index (χ3v) is 8.29. The Morgan fingerprint density at radius 2 is 1.68 bits per heavy atom. The molecule has 0 bridgehead atoms. The fourth-order valence-corrected chi connectivity index (χ4v) is 6.46. The molecule has 0 unspecified atom stereocenters. The number of carbonyl (C=O) groups is 1. The molecule has 0 saturated heterocycles. The predicted molar refractivity (Wildman–Crippen MR) is 126 cm³/mol. The highest BCUT2D eigenvalue weighted by molar-refractivity contribution is 7.92. The van der Waals surface area contributed by atoms with E-state index in [9.17, 15) is 17.6 Å². The number of benzene rings is 3. The zero-order valence-corrected chi connectivity index (χ0v) is 19.1.